The van der Waals surface area contributed by atoms with Crippen molar-refractivity contribution in [3.8, 4) is 0 Å². The van der Waals surface area contributed by atoms with Gasteiger partial charge in [-0.05, 0) is 49.2 Å². The minimum absolute atomic E-state index is 0.123. The maximum absolute atomic E-state index is 13.0. The molecule has 7 heteroatoms. The van der Waals surface area contributed by atoms with Crippen molar-refractivity contribution in [3.63, 3.8) is 0 Å². The van der Waals surface area contributed by atoms with Crippen LogP contribution in [0.5, 0.6) is 0 Å². The number of halogens is 3. The monoisotopic (exact) mass is 392 g/mol. The van der Waals surface area contributed by atoms with Crippen LogP contribution in [-0.2, 0) is 22.2 Å². The van der Waals surface area contributed by atoms with Gasteiger partial charge in [-0.1, -0.05) is 24.3 Å². The van der Waals surface area contributed by atoms with Crippen LogP contribution in [0.25, 0.3) is 0 Å². The summed E-state index contributed by atoms with van der Waals surface area (Å²) in [6.07, 6.45) is -4.30. The molecule has 28 heavy (non-hydrogen) atoms. The van der Waals surface area contributed by atoms with Crippen LogP contribution in [0.1, 0.15) is 43.5 Å². The Labute approximate surface area is 162 Å². The van der Waals surface area contributed by atoms with Gasteiger partial charge < -0.3 is 10.2 Å². The summed E-state index contributed by atoms with van der Waals surface area (Å²) in [6, 6.07) is 11.5. The molecule has 0 aromatic heterocycles. The van der Waals surface area contributed by atoms with Crippen LogP contribution in [0, 0.1) is 0 Å². The summed E-state index contributed by atoms with van der Waals surface area (Å²) in [4.78, 5) is 25.3. The Balaban J connectivity index is 2.13. The van der Waals surface area contributed by atoms with Gasteiger partial charge in [0, 0.05) is 19.2 Å². The summed E-state index contributed by atoms with van der Waals surface area (Å²) in [6.45, 7) is 5.30. The Kier molecular flexibility index (Phi) is 6.83. The SMILES string of the molecule is CCN(C(=O)Cc1ccc(NC(C)=O)cc1)C(C)c1cccc(C(F)(F)F)c1. The Hall–Kier alpha value is -2.83. The molecular weight excluding hydrogens is 369 g/mol. The van der Waals surface area contributed by atoms with E-state index in [2.05, 4.69) is 5.32 Å². The number of nitrogens with zero attached hydrogens (tertiary/aromatic N) is 1. The van der Waals surface area contributed by atoms with E-state index in [0.29, 0.717) is 17.8 Å². The molecular formula is C21H23F3N2O2. The van der Waals surface area contributed by atoms with E-state index in [-0.39, 0.29) is 18.2 Å². The number of rotatable bonds is 6. The van der Waals surface area contributed by atoms with Crippen molar-refractivity contribution < 1.29 is 22.8 Å². The first-order valence-corrected chi connectivity index (χ1v) is 8.95. The highest BCUT2D eigenvalue weighted by molar-refractivity contribution is 5.88. The largest absolute Gasteiger partial charge is 0.416 e. The number of carbonyl (C=O) groups excluding carboxylic acids is 2. The van der Waals surface area contributed by atoms with Crippen LogP contribution >= 0.6 is 0 Å². The topological polar surface area (TPSA) is 49.4 Å². The van der Waals surface area contributed by atoms with Gasteiger partial charge in [0.15, 0.2) is 0 Å². The Morgan fingerprint density at radius 2 is 1.75 bits per heavy atom. The van der Waals surface area contributed by atoms with Crippen molar-refractivity contribution in [2.24, 2.45) is 0 Å². The minimum Gasteiger partial charge on any atom is -0.336 e. The van der Waals surface area contributed by atoms with E-state index in [1.807, 2.05) is 0 Å². The molecule has 0 saturated heterocycles. The molecule has 2 amide bonds. The second-order valence-electron chi connectivity index (χ2n) is 6.53. The normalized spacial score (nSPS) is 12.4. The van der Waals surface area contributed by atoms with Crippen molar-refractivity contribution >= 4 is 17.5 Å². The molecule has 0 heterocycles. The first kappa shape index (κ1) is 21.5. The van der Waals surface area contributed by atoms with E-state index in [0.717, 1.165) is 17.7 Å². The maximum Gasteiger partial charge on any atom is 0.416 e. The van der Waals surface area contributed by atoms with Gasteiger partial charge in [-0.2, -0.15) is 13.2 Å². The summed E-state index contributed by atoms with van der Waals surface area (Å²) < 4.78 is 38.9. The number of likely N-dealkylation sites (N-methyl/N-ethyl adjacent to an activating group) is 1. The lowest BCUT2D eigenvalue weighted by atomic mass is 10.0. The molecule has 150 valence electrons. The molecule has 0 radical (unpaired) electrons. The van der Waals surface area contributed by atoms with E-state index in [4.69, 9.17) is 0 Å². The molecule has 2 aromatic rings. The number of benzene rings is 2. The van der Waals surface area contributed by atoms with E-state index in [1.165, 1.54) is 13.0 Å². The second kappa shape index (κ2) is 8.91. The van der Waals surface area contributed by atoms with E-state index < -0.39 is 17.8 Å². The lowest BCUT2D eigenvalue weighted by Crippen LogP contribution is -2.34. The third-order valence-electron chi connectivity index (χ3n) is 4.45. The fraction of sp³-hybridized carbons (Fsp3) is 0.333. The van der Waals surface area contributed by atoms with Crippen LogP contribution in [0.2, 0.25) is 0 Å². The molecule has 2 aromatic carbocycles. The first-order valence-electron chi connectivity index (χ1n) is 8.95. The van der Waals surface area contributed by atoms with Crippen molar-refractivity contribution in [2.45, 2.75) is 39.4 Å². The molecule has 0 spiro atoms. The quantitative estimate of drug-likeness (QED) is 0.767. The molecule has 0 aliphatic rings. The van der Waals surface area contributed by atoms with Crippen LogP contribution in [-0.4, -0.2) is 23.3 Å². The molecule has 0 aliphatic carbocycles. The predicted octanol–water partition coefficient (Wildman–Crippen LogP) is 4.82. The van der Waals surface area contributed by atoms with Gasteiger partial charge in [0.25, 0.3) is 0 Å². The average Bonchev–Trinajstić information content (AvgIpc) is 2.63. The number of anilines is 1. The van der Waals surface area contributed by atoms with Crippen molar-refractivity contribution in [1.82, 2.24) is 4.90 Å². The zero-order chi connectivity index (χ0) is 20.9. The Morgan fingerprint density at radius 3 is 2.29 bits per heavy atom. The van der Waals surface area contributed by atoms with Gasteiger partial charge in [-0.3, -0.25) is 9.59 Å². The lowest BCUT2D eigenvalue weighted by Gasteiger charge is -2.29. The zero-order valence-corrected chi connectivity index (χ0v) is 16.0. The second-order valence-corrected chi connectivity index (χ2v) is 6.53. The van der Waals surface area contributed by atoms with Gasteiger partial charge in [0.05, 0.1) is 18.0 Å². The van der Waals surface area contributed by atoms with Gasteiger partial charge in [-0.25, -0.2) is 0 Å². The summed E-state index contributed by atoms with van der Waals surface area (Å²) in [5, 5.41) is 2.65. The summed E-state index contributed by atoms with van der Waals surface area (Å²) in [7, 11) is 0. The molecule has 0 bridgehead atoms. The van der Waals surface area contributed by atoms with E-state index in [1.54, 1.807) is 49.1 Å². The number of amides is 2. The predicted molar refractivity (Wildman–Crippen MR) is 102 cm³/mol. The fourth-order valence-corrected chi connectivity index (χ4v) is 3.01. The molecule has 0 saturated carbocycles. The molecule has 1 N–H and O–H groups in total. The van der Waals surface area contributed by atoms with E-state index in [9.17, 15) is 22.8 Å². The third kappa shape index (κ3) is 5.58. The Morgan fingerprint density at radius 1 is 1.11 bits per heavy atom. The van der Waals surface area contributed by atoms with Crippen molar-refractivity contribution in [2.75, 3.05) is 11.9 Å². The first-order chi connectivity index (χ1) is 13.1. The smallest absolute Gasteiger partial charge is 0.336 e. The molecule has 2 rings (SSSR count). The third-order valence-corrected chi connectivity index (χ3v) is 4.45. The molecule has 0 aliphatic heterocycles. The highest BCUT2D eigenvalue weighted by Gasteiger charge is 2.31. The lowest BCUT2D eigenvalue weighted by molar-refractivity contribution is -0.137. The fourth-order valence-electron chi connectivity index (χ4n) is 3.01. The summed E-state index contributed by atoms with van der Waals surface area (Å²) >= 11 is 0. The number of nitrogens with one attached hydrogen (secondary N) is 1. The molecule has 0 fully saturated rings. The van der Waals surface area contributed by atoms with Gasteiger partial charge in [0.1, 0.15) is 0 Å². The maximum atomic E-state index is 13.0. The molecule has 4 nitrogen and oxygen atoms in total. The number of hydrogen-bond acceptors (Lipinski definition) is 2. The van der Waals surface area contributed by atoms with Crippen molar-refractivity contribution in [3.05, 3.63) is 65.2 Å². The highest BCUT2D eigenvalue weighted by Crippen LogP contribution is 2.32. The highest BCUT2D eigenvalue weighted by atomic mass is 19.4. The summed E-state index contributed by atoms with van der Waals surface area (Å²) in [5.41, 5.74) is 1.10. The minimum atomic E-state index is -4.42. The zero-order valence-electron chi connectivity index (χ0n) is 16.0. The van der Waals surface area contributed by atoms with Crippen LogP contribution in [0.15, 0.2) is 48.5 Å². The van der Waals surface area contributed by atoms with Crippen LogP contribution in [0.4, 0.5) is 18.9 Å². The Bertz CT molecular complexity index is 832. The van der Waals surface area contributed by atoms with Crippen molar-refractivity contribution in [1.29, 1.82) is 0 Å². The van der Waals surface area contributed by atoms with Crippen LogP contribution in [0.3, 0.4) is 0 Å². The van der Waals surface area contributed by atoms with Gasteiger partial charge >= 0.3 is 6.18 Å². The number of hydrogen-bond donors (Lipinski definition) is 1. The van der Waals surface area contributed by atoms with Gasteiger partial charge in [0.2, 0.25) is 11.8 Å². The average molecular weight is 392 g/mol. The van der Waals surface area contributed by atoms with Gasteiger partial charge in [-0.15, -0.1) is 0 Å². The molecule has 1 unspecified atom stereocenters. The van der Waals surface area contributed by atoms with E-state index >= 15 is 0 Å². The standard InChI is InChI=1S/C21H23F3N2O2/c1-4-26(14(2)17-6-5-7-18(13-17)21(22,23)24)20(28)12-16-8-10-19(11-9-16)25-15(3)27/h5-11,13-14H,4,12H2,1-3H3,(H,25,27). The number of carbonyl (C=O) groups is 2. The number of alkyl halides is 3. The molecule has 1 atom stereocenters. The summed E-state index contributed by atoms with van der Waals surface area (Å²) in [5.74, 6) is -0.365. The van der Waals surface area contributed by atoms with Crippen LogP contribution < -0.4 is 5.32 Å².